The molecule has 4 unspecified atom stereocenters. The van der Waals surface area contributed by atoms with Crippen molar-refractivity contribution in [2.75, 3.05) is 13.1 Å². The number of carbonyl (C=O) groups is 2. The summed E-state index contributed by atoms with van der Waals surface area (Å²) in [6.07, 6.45) is 1.58. The Hall–Kier alpha value is -1.58. The zero-order valence-electron chi connectivity index (χ0n) is 19.5. The minimum Gasteiger partial charge on any atom is -0.387 e. The molecule has 0 aromatic carbocycles. The van der Waals surface area contributed by atoms with E-state index in [9.17, 15) is 29.8 Å². The van der Waals surface area contributed by atoms with Gasteiger partial charge < -0.3 is 26.0 Å². The largest absolute Gasteiger partial charge is 0.387 e. The fourth-order valence-electron chi connectivity index (χ4n) is 3.36. The number of rotatable bonds is 18. The van der Waals surface area contributed by atoms with Gasteiger partial charge in [0.05, 0.1) is 0 Å². The van der Waals surface area contributed by atoms with Crippen LogP contribution in [0.1, 0.15) is 79.1 Å². The summed E-state index contributed by atoms with van der Waals surface area (Å²) < 4.78 is 0. The van der Waals surface area contributed by atoms with Crippen molar-refractivity contribution >= 4 is 11.8 Å². The molecule has 9 nitrogen and oxygen atoms in total. The molecule has 0 aliphatic carbocycles. The number of nitroso groups, excluding NO2 is 1. The number of nitrogens with one attached hydrogen (secondary N) is 2. The Morgan fingerprint density at radius 3 is 1.81 bits per heavy atom. The molecule has 0 bridgehead atoms. The molecule has 4 atom stereocenters. The molecule has 0 heterocycles. The molecule has 0 aromatic rings. The van der Waals surface area contributed by atoms with Gasteiger partial charge in [-0.05, 0) is 24.7 Å². The molecule has 0 aromatic heterocycles. The van der Waals surface area contributed by atoms with Gasteiger partial charge >= 0.3 is 0 Å². The van der Waals surface area contributed by atoms with E-state index in [1.165, 1.54) is 0 Å². The molecule has 5 N–H and O–H groups in total. The predicted molar refractivity (Wildman–Crippen MR) is 120 cm³/mol. The van der Waals surface area contributed by atoms with Crippen LogP contribution in [0.3, 0.4) is 0 Å². The van der Waals surface area contributed by atoms with Gasteiger partial charge in [0.2, 0.25) is 0 Å². The Kier molecular flexibility index (Phi) is 16.2. The maximum Gasteiger partial charge on any atom is 0.251 e. The maximum absolute atomic E-state index is 12.1. The van der Waals surface area contributed by atoms with Gasteiger partial charge in [0, 0.05) is 13.1 Å². The second kappa shape index (κ2) is 17.0. The molecular weight excluding hydrogens is 402 g/mol. The average Bonchev–Trinajstić information content (AvgIpc) is 2.74. The normalized spacial score (nSPS) is 15.4. The van der Waals surface area contributed by atoms with Crippen LogP contribution in [-0.4, -0.2) is 64.6 Å². The van der Waals surface area contributed by atoms with Crippen molar-refractivity contribution in [3.05, 3.63) is 4.91 Å². The quantitative estimate of drug-likeness (QED) is 0.161. The van der Waals surface area contributed by atoms with Crippen LogP contribution >= 0.6 is 0 Å². The van der Waals surface area contributed by atoms with Crippen LogP contribution in [0.5, 0.6) is 0 Å². The van der Waals surface area contributed by atoms with Crippen LogP contribution < -0.4 is 10.6 Å². The molecule has 2 amide bonds. The van der Waals surface area contributed by atoms with E-state index < -0.39 is 36.2 Å². The number of amides is 2. The summed E-state index contributed by atoms with van der Waals surface area (Å²) in [7, 11) is 0. The Morgan fingerprint density at radius 1 is 0.806 bits per heavy atom. The van der Waals surface area contributed by atoms with Gasteiger partial charge in [-0.3, -0.25) is 9.59 Å². The summed E-state index contributed by atoms with van der Waals surface area (Å²) in [6, 6.07) is -1.82. The van der Waals surface area contributed by atoms with Crippen molar-refractivity contribution in [3.63, 3.8) is 0 Å². The standard InChI is InChI=1S/C22H43N3O6/c1-5-16(6-2)12-8-10-14-24-22(30)20(28)19(27)18(26)17(25-31)21(29)23-13-9-7-11-15(3)4/h15-20,26-28H,5-14H2,1-4H3,(H,23,29)(H,24,30). The van der Waals surface area contributed by atoms with Gasteiger partial charge in [-0.1, -0.05) is 71.4 Å². The van der Waals surface area contributed by atoms with E-state index in [1.54, 1.807) is 0 Å². The van der Waals surface area contributed by atoms with Gasteiger partial charge in [0.15, 0.2) is 12.1 Å². The lowest BCUT2D eigenvalue weighted by Crippen LogP contribution is -2.54. The predicted octanol–water partition coefficient (Wildman–Crippen LogP) is 1.87. The third kappa shape index (κ3) is 12.1. The first-order valence-electron chi connectivity index (χ1n) is 11.6. The smallest absolute Gasteiger partial charge is 0.251 e. The summed E-state index contributed by atoms with van der Waals surface area (Å²) in [4.78, 5) is 35.2. The molecule has 0 aliphatic rings. The fourth-order valence-corrected chi connectivity index (χ4v) is 3.36. The minimum atomic E-state index is -2.01. The molecule has 31 heavy (non-hydrogen) atoms. The molecule has 9 heteroatoms. The highest BCUT2D eigenvalue weighted by molar-refractivity contribution is 5.84. The van der Waals surface area contributed by atoms with E-state index in [0.717, 1.165) is 44.9 Å². The molecule has 0 radical (unpaired) electrons. The van der Waals surface area contributed by atoms with E-state index in [1.807, 2.05) is 0 Å². The van der Waals surface area contributed by atoms with E-state index in [0.29, 0.717) is 31.3 Å². The second-order valence-electron chi connectivity index (χ2n) is 8.63. The molecule has 0 rings (SSSR count). The molecule has 0 spiro atoms. The number of carbonyl (C=O) groups excluding carboxylic acids is 2. The SMILES string of the molecule is CCC(CC)CCCCNC(=O)C(O)C(O)C(O)C(N=O)C(=O)NCCCCC(C)C. The van der Waals surface area contributed by atoms with Crippen molar-refractivity contribution in [2.45, 2.75) is 103 Å². The third-order valence-corrected chi connectivity index (χ3v) is 5.65. The van der Waals surface area contributed by atoms with Gasteiger partial charge in [-0.25, -0.2) is 0 Å². The second-order valence-corrected chi connectivity index (χ2v) is 8.63. The van der Waals surface area contributed by atoms with Gasteiger partial charge in [-0.15, -0.1) is 4.91 Å². The number of unbranched alkanes of at least 4 members (excludes halogenated alkanes) is 2. The van der Waals surface area contributed by atoms with Crippen LogP contribution in [-0.2, 0) is 9.59 Å². The highest BCUT2D eigenvalue weighted by Gasteiger charge is 2.39. The number of hydrogen-bond donors (Lipinski definition) is 5. The first-order chi connectivity index (χ1) is 14.7. The van der Waals surface area contributed by atoms with E-state index in [-0.39, 0.29) is 0 Å². The monoisotopic (exact) mass is 445 g/mol. The van der Waals surface area contributed by atoms with Crippen LogP contribution in [0.4, 0.5) is 0 Å². The van der Waals surface area contributed by atoms with Crippen LogP contribution in [0, 0.1) is 16.7 Å². The number of hydrogen-bond acceptors (Lipinski definition) is 7. The van der Waals surface area contributed by atoms with Crippen molar-refractivity contribution in [3.8, 4) is 0 Å². The van der Waals surface area contributed by atoms with Crippen molar-refractivity contribution < 1.29 is 24.9 Å². The first-order valence-corrected chi connectivity index (χ1v) is 11.6. The van der Waals surface area contributed by atoms with Crippen LogP contribution in [0.15, 0.2) is 5.18 Å². The molecule has 182 valence electrons. The lowest BCUT2D eigenvalue weighted by atomic mass is 9.97. The number of nitrogens with zero attached hydrogens (tertiary/aromatic N) is 1. The highest BCUT2D eigenvalue weighted by Crippen LogP contribution is 2.15. The van der Waals surface area contributed by atoms with E-state index in [2.05, 4.69) is 43.5 Å². The number of aliphatic hydroxyl groups is 3. The summed E-state index contributed by atoms with van der Waals surface area (Å²) >= 11 is 0. The van der Waals surface area contributed by atoms with E-state index >= 15 is 0 Å². The van der Waals surface area contributed by atoms with Crippen molar-refractivity contribution in [1.82, 2.24) is 10.6 Å². The summed E-state index contributed by atoms with van der Waals surface area (Å²) in [6.45, 7) is 9.11. The van der Waals surface area contributed by atoms with Gasteiger partial charge in [0.25, 0.3) is 11.8 Å². The Labute approximate surface area is 186 Å². The molecule has 0 aliphatic heterocycles. The fraction of sp³-hybridized carbons (Fsp3) is 0.909. The molecule has 0 saturated carbocycles. The Balaban J connectivity index is 4.42. The van der Waals surface area contributed by atoms with Crippen molar-refractivity contribution in [2.24, 2.45) is 17.0 Å². The van der Waals surface area contributed by atoms with E-state index in [4.69, 9.17) is 0 Å². The number of aliphatic hydroxyl groups excluding tert-OH is 3. The summed E-state index contributed by atoms with van der Waals surface area (Å²) in [5.74, 6) is -0.505. The topological polar surface area (TPSA) is 148 Å². The van der Waals surface area contributed by atoms with Gasteiger partial charge in [-0.2, -0.15) is 0 Å². The maximum atomic E-state index is 12.1. The lowest BCUT2D eigenvalue weighted by molar-refractivity contribution is -0.144. The highest BCUT2D eigenvalue weighted by atomic mass is 16.4. The third-order valence-electron chi connectivity index (χ3n) is 5.65. The minimum absolute atomic E-state index is 0.306. The van der Waals surface area contributed by atoms with Crippen molar-refractivity contribution in [1.29, 1.82) is 0 Å². The lowest BCUT2D eigenvalue weighted by Gasteiger charge is -2.24. The van der Waals surface area contributed by atoms with Crippen LogP contribution in [0.25, 0.3) is 0 Å². The first kappa shape index (κ1) is 29.4. The summed E-state index contributed by atoms with van der Waals surface area (Å²) in [5.41, 5.74) is 0. The summed E-state index contributed by atoms with van der Waals surface area (Å²) in [5, 5.41) is 37.8. The van der Waals surface area contributed by atoms with Gasteiger partial charge in [0.1, 0.15) is 12.2 Å². The molecule has 0 saturated heterocycles. The Bertz CT molecular complexity index is 513. The Morgan fingerprint density at radius 2 is 1.32 bits per heavy atom. The average molecular weight is 446 g/mol. The zero-order valence-corrected chi connectivity index (χ0v) is 19.5. The zero-order chi connectivity index (χ0) is 23.8. The molecule has 0 fully saturated rings. The van der Waals surface area contributed by atoms with Crippen LogP contribution in [0.2, 0.25) is 0 Å². The molecular formula is C22H43N3O6.